The SMILES string of the molecule is C#CCCNS(=O)(=O)C(C)C(=O)O. The molecule has 1 unspecified atom stereocenters. The van der Waals surface area contributed by atoms with Crippen LogP contribution in [0, 0.1) is 12.3 Å². The molecule has 0 spiro atoms. The maximum absolute atomic E-state index is 11.1. The first-order valence-corrected chi connectivity index (χ1v) is 5.11. The van der Waals surface area contributed by atoms with Gasteiger partial charge in [0.15, 0.2) is 5.25 Å². The maximum Gasteiger partial charge on any atom is 0.323 e. The molecule has 2 N–H and O–H groups in total. The van der Waals surface area contributed by atoms with Gasteiger partial charge in [0.05, 0.1) is 0 Å². The number of sulfonamides is 1. The number of carboxylic acids is 1. The molecule has 0 aromatic rings. The second-order valence-corrected chi connectivity index (χ2v) is 4.46. The van der Waals surface area contributed by atoms with E-state index in [2.05, 4.69) is 10.6 Å². The largest absolute Gasteiger partial charge is 0.480 e. The highest BCUT2D eigenvalue weighted by Crippen LogP contribution is 1.97. The fraction of sp³-hybridized carbons (Fsp3) is 0.571. The molecule has 0 saturated heterocycles. The Balaban J connectivity index is 4.26. The van der Waals surface area contributed by atoms with E-state index in [0.717, 1.165) is 6.92 Å². The van der Waals surface area contributed by atoms with E-state index >= 15 is 0 Å². The lowest BCUT2D eigenvalue weighted by Gasteiger charge is -2.08. The van der Waals surface area contributed by atoms with Gasteiger partial charge in [0.2, 0.25) is 10.0 Å². The molecule has 0 fully saturated rings. The summed E-state index contributed by atoms with van der Waals surface area (Å²) in [6, 6.07) is 0. The highest BCUT2D eigenvalue weighted by molar-refractivity contribution is 7.90. The average molecular weight is 205 g/mol. The first kappa shape index (κ1) is 11.9. The predicted molar refractivity (Wildman–Crippen MR) is 47.5 cm³/mol. The van der Waals surface area contributed by atoms with Crippen molar-refractivity contribution in [2.75, 3.05) is 6.54 Å². The van der Waals surface area contributed by atoms with E-state index < -0.39 is 21.2 Å². The third-order valence-electron chi connectivity index (χ3n) is 1.39. The first-order chi connectivity index (χ1) is 5.91. The van der Waals surface area contributed by atoms with Crippen LogP contribution < -0.4 is 4.72 Å². The zero-order chi connectivity index (χ0) is 10.5. The normalized spacial score (nSPS) is 13.2. The summed E-state index contributed by atoms with van der Waals surface area (Å²) in [7, 11) is -3.78. The molecule has 74 valence electrons. The second-order valence-electron chi connectivity index (χ2n) is 2.37. The second kappa shape index (κ2) is 4.84. The molecule has 0 bridgehead atoms. The van der Waals surface area contributed by atoms with E-state index in [1.807, 2.05) is 0 Å². The maximum atomic E-state index is 11.1. The van der Waals surface area contributed by atoms with E-state index in [9.17, 15) is 13.2 Å². The number of aliphatic carboxylic acids is 1. The molecule has 5 nitrogen and oxygen atoms in total. The van der Waals surface area contributed by atoms with E-state index in [4.69, 9.17) is 11.5 Å². The van der Waals surface area contributed by atoms with Crippen molar-refractivity contribution < 1.29 is 18.3 Å². The van der Waals surface area contributed by atoms with Gasteiger partial charge in [0.1, 0.15) is 0 Å². The van der Waals surface area contributed by atoms with Crippen LogP contribution in [-0.2, 0) is 14.8 Å². The van der Waals surface area contributed by atoms with Crippen molar-refractivity contribution >= 4 is 16.0 Å². The van der Waals surface area contributed by atoms with Gasteiger partial charge in [-0.25, -0.2) is 13.1 Å². The van der Waals surface area contributed by atoms with Gasteiger partial charge < -0.3 is 5.11 Å². The number of carbonyl (C=O) groups is 1. The fourth-order valence-electron chi connectivity index (χ4n) is 0.523. The Kier molecular flexibility index (Phi) is 4.45. The van der Waals surface area contributed by atoms with E-state index in [1.165, 1.54) is 0 Å². The van der Waals surface area contributed by atoms with Crippen LogP contribution in [0.25, 0.3) is 0 Å². The Hall–Kier alpha value is -1.06. The summed E-state index contributed by atoms with van der Waals surface area (Å²) in [5.41, 5.74) is 0. The lowest BCUT2D eigenvalue weighted by molar-refractivity contribution is -0.136. The minimum atomic E-state index is -3.78. The molecule has 0 aromatic heterocycles. The molecule has 6 heteroatoms. The van der Waals surface area contributed by atoms with E-state index in [0.29, 0.717) is 0 Å². The van der Waals surface area contributed by atoms with Crippen molar-refractivity contribution in [3.05, 3.63) is 0 Å². The third-order valence-corrected chi connectivity index (χ3v) is 3.12. The topological polar surface area (TPSA) is 83.5 Å². The zero-order valence-corrected chi connectivity index (χ0v) is 7.97. The Labute approximate surface area is 77.2 Å². The Morgan fingerprint density at radius 1 is 1.69 bits per heavy atom. The Morgan fingerprint density at radius 3 is 2.62 bits per heavy atom. The lowest BCUT2D eigenvalue weighted by Crippen LogP contribution is -2.37. The van der Waals surface area contributed by atoms with Gasteiger partial charge >= 0.3 is 5.97 Å². The number of terminal acetylenes is 1. The summed E-state index contributed by atoms with van der Waals surface area (Å²) in [5, 5.41) is 6.96. The van der Waals surface area contributed by atoms with Crippen LogP contribution in [0.5, 0.6) is 0 Å². The molecule has 0 radical (unpaired) electrons. The molecule has 0 aromatic carbocycles. The van der Waals surface area contributed by atoms with Gasteiger partial charge in [-0.15, -0.1) is 12.3 Å². The van der Waals surface area contributed by atoms with Crippen molar-refractivity contribution in [1.82, 2.24) is 4.72 Å². The molecular formula is C7H11NO4S. The van der Waals surface area contributed by atoms with Crippen molar-refractivity contribution in [1.29, 1.82) is 0 Å². The predicted octanol–water partition coefficient (Wildman–Crippen LogP) is -0.598. The van der Waals surface area contributed by atoms with Crippen LogP contribution in [0.2, 0.25) is 0 Å². The minimum absolute atomic E-state index is 0.0659. The number of nitrogens with one attached hydrogen (secondary N) is 1. The summed E-state index contributed by atoms with van der Waals surface area (Å²) in [6.45, 7) is 1.16. The van der Waals surface area contributed by atoms with Crippen molar-refractivity contribution in [2.24, 2.45) is 0 Å². The molecule has 0 saturated carbocycles. The number of hydrogen-bond donors (Lipinski definition) is 2. The van der Waals surface area contributed by atoms with Crippen LogP contribution in [0.15, 0.2) is 0 Å². The third kappa shape index (κ3) is 3.92. The standard InChI is InChI=1S/C7H11NO4S/c1-3-4-5-8-13(11,12)6(2)7(9)10/h1,6,8H,4-5H2,2H3,(H,9,10). The summed E-state index contributed by atoms with van der Waals surface area (Å²) >= 11 is 0. The van der Waals surface area contributed by atoms with Gasteiger partial charge in [0, 0.05) is 13.0 Å². The minimum Gasteiger partial charge on any atom is -0.480 e. The Bertz CT molecular complexity index is 314. The average Bonchev–Trinajstić information content (AvgIpc) is 2.03. The van der Waals surface area contributed by atoms with Crippen LogP contribution >= 0.6 is 0 Å². The number of carboxylic acid groups (broad SMARTS) is 1. The number of hydrogen-bond acceptors (Lipinski definition) is 3. The highest BCUT2D eigenvalue weighted by Gasteiger charge is 2.26. The molecule has 0 heterocycles. The lowest BCUT2D eigenvalue weighted by atomic mass is 10.5. The zero-order valence-electron chi connectivity index (χ0n) is 7.15. The molecule has 0 aliphatic rings. The van der Waals surface area contributed by atoms with Gasteiger partial charge in [-0.3, -0.25) is 4.79 Å². The summed E-state index contributed by atoms with van der Waals surface area (Å²) in [6.07, 6.45) is 5.13. The van der Waals surface area contributed by atoms with Crippen molar-refractivity contribution in [2.45, 2.75) is 18.6 Å². The molecular weight excluding hydrogens is 194 g/mol. The van der Waals surface area contributed by atoms with Gasteiger partial charge in [-0.1, -0.05) is 0 Å². The first-order valence-electron chi connectivity index (χ1n) is 3.56. The van der Waals surface area contributed by atoms with Crippen LogP contribution in [-0.4, -0.2) is 31.3 Å². The summed E-state index contributed by atoms with van der Waals surface area (Å²) in [4.78, 5) is 10.3. The van der Waals surface area contributed by atoms with E-state index in [1.54, 1.807) is 0 Å². The Morgan fingerprint density at radius 2 is 2.23 bits per heavy atom. The van der Waals surface area contributed by atoms with Crippen LogP contribution in [0.4, 0.5) is 0 Å². The molecule has 0 amide bonds. The smallest absolute Gasteiger partial charge is 0.323 e. The molecule has 0 aliphatic heterocycles. The fourth-order valence-corrected chi connectivity index (χ4v) is 1.43. The summed E-state index contributed by atoms with van der Waals surface area (Å²) < 4.78 is 24.3. The molecule has 0 rings (SSSR count). The summed E-state index contributed by atoms with van der Waals surface area (Å²) in [5.74, 6) is 0.853. The monoisotopic (exact) mass is 205 g/mol. The highest BCUT2D eigenvalue weighted by atomic mass is 32.2. The van der Waals surface area contributed by atoms with Crippen LogP contribution in [0.3, 0.4) is 0 Å². The molecule has 0 aliphatic carbocycles. The molecule has 1 atom stereocenters. The van der Waals surface area contributed by atoms with Crippen molar-refractivity contribution in [3.8, 4) is 12.3 Å². The molecule has 13 heavy (non-hydrogen) atoms. The van der Waals surface area contributed by atoms with Gasteiger partial charge in [-0.2, -0.15) is 0 Å². The quantitative estimate of drug-likeness (QED) is 0.464. The number of rotatable bonds is 5. The van der Waals surface area contributed by atoms with E-state index in [-0.39, 0.29) is 13.0 Å². The van der Waals surface area contributed by atoms with Crippen molar-refractivity contribution in [3.63, 3.8) is 0 Å². The van der Waals surface area contributed by atoms with Gasteiger partial charge in [0.25, 0.3) is 0 Å². The van der Waals surface area contributed by atoms with Crippen LogP contribution in [0.1, 0.15) is 13.3 Å². The van der Waals surface area contributed by atoms with Gasteiger partial charge in [-0.05, 0) is 6.92 Å².